The third kappa shape index (κ3) is 3.70. The molecule has 0 aliphatic carbocycles. The Morgan fingerprint density at radius 3 is 2.65 bits per heavy atom. The van der Waals surface area contributed by atoms with Crippen LogP contribution in [-0.4, -0.2) is 47.2 Å². The van der Waals surface area contributed by atoms with Crippen molar-refractivity contribution in [3.63, 3.8) is 0 Å². The van der Waals surface area contributed by atoms with E-state index in [0.29, 0.717) is 0 Å². The molecule has 0 radical (unpaired) electrons. The van der Waals surface area contributed by atoms with Crippen LogP contribution in [0, 0.1) is 0 Å². The van der Waals surface area contributed by atoms with Crippen LogP contribution in [0.15, 0.2) is 41.3 Å². The molecule has 2 heterocycles. The molecule has 9 heteroatoms. The van der Waals surface area contributed by atoms with Crippen LogP contribution in [0.2, 0.25) is 0 Å². The molecule has 2 aromatic rings. The number of nitrogens with one attached hydrogen (secondary N) is 1. The van der Waals surface area contributed by atoms with Crippen LogP contribution in [0.5, 0.6) is 5.75 Å². The van der Waals surface area contributed by atoms with Crippen molar-refractivity contribution in [2.75, 3.05) is 19.5 Å². The minimum atomic E-state index is -1.09. The van der Waals surface area contributed by atoms with E-state index in [-0.39, 0.29) is 12.4 Å². The van der Waals surface area contributed by atoms with E-state index in [1.165, 1.54) is 16.8 Å². The van der Waals surface area contributed by atoms with E-state index in [0.717, 1.165) is 11.3 Å². The topological polar surface area (TPSA) is 131 Å². The van der Waals surface area contributed by atoms with Crippen LogP contribution in [0.1, 0.15) is 11.8 Å². The second-order valence-electron chi connectivity index (χ2n) is 5.97. The molecule has 1 aromatic carbocycles. The largest absolute Gasteiger partial charge is 0.499 e. The quantitative estimate of drug-likeness (QED) is 0.488. The van der Waals surface area contributed by atoms with Crippen LogP contribution >= 0.6 is 0 Å². The Labute approximate surface area is 149 Å². The lowest BCUT2D eigenvalue weighted by Gasteiger charge is -2.19. The van der Waals surface area contributed by atoms with Gasteiger partial charge in [-0.05, 0) is 17.7 Å². The molecular weight excluding hydrogens is 342 g/mol. The molecule has 26 heavy (non-hydrogen) atoms. The monoisotopic (exact) mass is 364 g/mol. The van der Waals surface area contributed by atoms with Crippen molar-refractivity contribution < 1.29 is 29.0 Å². The number of aromatic nitrogens is 2. The third-order valence-electron chi connectivity index (χ3n) is 4.27. The number of hydrogen-bond acceptors (Lipinski definition) is 7. The van der Waals surface area contributed by atoms with E-state index in [4.69, 9.17) is 19.9 Å². The molecular formula is C17H22N3O6+. The highest BCUT2D eigenvalue weighted by Gasteiger charge is 2.48. The van der Waals surface area contributed by atoms with Crippen LogP contribution in [-0.2, 0) is 16.1 Å². The van der Waals surface area contributed by atoms with E-state index in [1.807, 2.05) is 12.1 Å². The Morgan fingerprint density at radius 1 is 1.31 bits per heavy atom. The number of aliphatic hydroxyl groups is 2. The molecule has 1 aliphatic rings. The van der Waals surface area contributed by atoms with E-state index >= 15 is 0 Å². The fraction of sp³-hybridized carbons (Fsp3) is 0.412. The summed E-state index contributed by atoms with van der Waals surface area (Å²) < 4.78 is 17.8. The lowest BCUT2D eigenvalue weighted by Crippen LogP contribution is -2.58. The third-order valence-corrected chi connectivity index (χ3v) is 4.27. The lowest BCUT2D eigenvalue weighted by molar-refractivity contribution is -0.780. The Morgan fingerprint density at radius 2 is 2.04 bits per heavy atom. The zero-order chi connectivity index (χ0) is 18.7. The van der Waals surface area contributed by atoms with Crippen LogP contribution in [0.25, 0.3) is 0 Å². The summed E-state index contributed by atoms with van der Waals surface area (Å²) in [7, 11) is 1.58. The molecule has 3 rings (SSSR count). The second kappa shape index (κ2) is 7.83. The van der Waals surface area contributed by atoms with Gasteiger partial charge in [-0.15, -0.1) is 0 Å². The van der Waals surface area contributed by atoms with Gasteiger partial charge < -0.3 is 30.2 Å². The number of nitrogens with zero attached hydrogens (tertiary/aromatic N) is 1. The lowest BCUT2D eigenvalue weighted by atomic mass is 10.1. The predicted octanol–water partition coefficient (Wildman–Crippen LogP) is -0.911. The van der Waals surface area contributed by atoms with E-state index < -0.39 is 36.8 Å². The second-order valence-corrected chi connectivity index (χ2v) is 5.97. The van der Waals surface area contributed by atoms with Crippen LogP contribution in [0.4, 0.5) is 5.82 Å². The van der Waals surface area contributed by atoms with Crippen molar-refractivity contribution in [1.29, 1.82) is 0 Å². The zero-order valence-corrected chi connectivity index (χ0v) is 14.2. The van der Waals surface area contributed by atoms with Gasteiger partial charge in [0.2, 0.25) is 6.23 Å². The first-order valence-corrected chi connectivity index (χ1v) is 8.12. The maximum absolute atomic E-state index is 12.2. The fourth-order valence-corrected chi connectivity index (χ4v) is 2.85. The number of H-pyrrole nitrogens is 1. The summed E-state index contributed by atoms with van der Waals surface area (Å²) in [5.74, 6) is 0.930. The summed E-state index contributed by atoms with van der Waals surface area (Å²) in [6.45, 7) is -0.204. The first kappa shape index (κ1) is 18.3. The van der Waals surface area contributed by atoms with Gasteiger partial charge >= 0.3 is 5.69 Å². The van der Waals surface area contributed by atoms with E-state index in [2.05, 4.69) is 4.98 Å². The molecule has 4 atom stereocenters. The summed E-state index contributed by atoms with van der Waals surface area (Å²) >= 11 is 0. The molecule has 0 amide bonds. The number of hydrogen-bond donors (Lipinski definition) is 4. The predicted molar refractivity (Wildman–Crippen MR) is 90.2 cm³/mol. The highest BCUT2D eigenvalue weighted by molar-refractivity contribution is 5.26. The van der Waals surface area contributed by atoms with E-state index in [9.17, 15) is 15.0 Å². The van der Waals surface area contributed by atoms with Crippen molar-refractivity contribution >= 4 is 5.82 Å². The number of nitrogen functional groups attached to an aromatic ring is 1. The Balaban J connectivity index is 1.79. The molecule has 140 valence electrons. The molecule has 0 unspecified atom stereocenters. The Bertz CT molecular complexity index is 794. The maximum atomic E-state index is 12.2. The number of aliphatic hydroxyl groups excluding tert-OH is 2. The fourth-order valence-electron chi connectivity index (χ4n) is 2.85. The summed E-state index contributed by atoms with van der Waals surface area (Å²) in [6.07, 6.45) is -2.23. The number of benzene rings is 1. The number of aromatic amines is 1. The first-order valence-electron chi connectivity index (χ1n) is 8.12. The Hall–Kier alpha value is -2.46. The molecule has 0 bridgehead atoms. The Kier molecular flexibility index (Phi) is 5.52. The SMILES string of the molecule is COc1ccc(CO[C@@H]2[C@H](O)[C@@H](CO)O[C@H]2[n+]2ccc(N)[nH]c2=O)cc1. The van der Waals surface area contributed by atoms with Gasteiger partial charge in [0, 0.05) is 6.07 Å². The number of ether oxygens (including phenoxy) is 3. The molecule has 0 spiro atoms. The average Bonchev–Trinajstić information content (AvgIpc) is 2.96. The zero-order valence-electron chi connectivity index (χ0n) is 14.2. The van der Waals surface area contributed by atoms with Crippen molar-refractivity contribution in [3.8, 4) is 5.75 Å². The van der Waals surface area contributed by atoms with Crippen molar-refractivity contribution in [3.05, 3.63) is 52.6 Å². The van der Waals surface area contributed by atoms with Crippen LogP contribution < -0.4 is 20.7 Å². The minimum Gasteiger partial charge on any atom is -0.497 e. The van der Waals surface area contributed by atoms with Crippen molar-refractivity contribution in [2.24, 2.45) is 0 Å². The smallest absolute Gasteiger partial charge is 0.497 e. The molecule has 1 saturated heterocycles. The summed E-state index contributed by atoms with van der Waals surface area (Å²) in [5.41, 5.74) is 5.92. The number of methoxy groups -OCH3 is 1. The molecule has 5 N–H and O–H groups in total. The molecule has 1 aliphatic heterocycles. The summed E-state index contributed by atoms with van der Waals surface area (Å²) in [4.78, 5) is 14.6. The minimum absolute atomic E-state index is 0.192. The molecule has 1 fully saturated rings. The van der Waals surface area contributed by atoms with Gasteiger partial charge in [-0.25, -0.2) is 0 Å². The highest BCUT2D eigenvalue weighted by Crippen LogP contribution is 2.28. The van der Waals surface area contributed by atoms with Crippen molar-refractivity contribution in [2.45, 2.75) is 31.1 Å². The highest BCUT2D eigenvalue weighted by atomic mass is 16.6. The normalized spacial score (nSPS) is 25.3. The number of anilines is 1. The first-order chi connectivity index (χ1) is 12.5. The van der Waals surface area contributed by atoms with Gasteiger partial charge in [0.25, 0.3) is 0 Å². The maximum Gasteiger partial charge on any atom is 0.499 e. The van der Waals surface area contributed by atoms with Gasteiger partial charge in [0.1, 0.15) is 24.2 Å². The number of rotatable bonds is 6. The number of nitrogens with two attached hydrogens (primary N) is 1. The van der Waals surface area contributed by atoms with Gasteiger partial charge in [0.15, 0.2) is 11.9 Å². The summed E-state index contributed by atoms with van der Waals surface area (Å²) in [6, 6.07) is 8.77. The van der Waals surface area contributed by atoms with Gasteiger partial charge in [-0.1, -0.05) is 12.1 Å². The van der Waals surface area contributed by atoms with Gasteiger partial charge in [0.05, 0.1) is 20.3 Å². The average molecular weight is 364 g/mol. The standard InChI is InChI=1S/C17H21N3O6/c1-24-11-4-2-10(3-5-11)9-25-15-14(22)12(8-21)26-16(15)20-7-6-13(18)19-17(20)23/h2-7,12,14-16,21-22H,8-9H2,1H3,(H2,18,19,23)/p+1/t12-,14-,15-,16-/m1/s1. The van der Waals surface area contributed by atoms with Gasteiger partial charge in [-0.2, -0.15) is 14.3 Å². The molecule has 0 saturated carbocycles. The van der Waals surface area contributed by atoms with E-state index in [1.54, 1.807) is 19.2 Å². The molecule has 9 nitrogen and oxygen atoms in total. The van der Waals surface area contributed by atoms with Crippen molar-refractivity contribution in [1.82, 2.24) is 4.98 Å². The summed E-state index contributed by atoms with van der Waals surface area (Å²) in [5, 5.41) is 19.8. The van der Waals surface area contributed by atoms with Crippen LogP contribution in [0.3, 0.4) is 0 Å². The molecule has 1 aromatic heterocycles. The van der Waals surface area contributed by atoms with Gasteiger partial charge in [-0.3, -0.25) is 0 Å².